The molecule has 2 N–H and O–H groups in total. The van der Waals surface area contributed by atoms with E-state index in [-0.39, 0.29) is 23.8 Å². The van der Waals surface area contributed by atoms with Gasteiger partial charge in [0, 0.05) is 11.3 Å². The maximum absolute atomic E-state index is 11.1. The average molecular weight is 238 g/mol. The van der Waals surface area contributed by atoms with Crippen LogP contribution in [0.15, 0.2) is 11.6 Å². The molecule has 5 nitrogen and oxygen atoms in total. The first kappa shape index (κ1) is 12.1. The second-order valence-electron chi connectivity index (χ2n) is 5.37. The first-order valence-corrected chi connectivity index (χ1v) is 6.06. The quantitative estimate of drug-likeness (QED) is 0.447. The van der Waals surface area contributed by atoms with Gasteiger partial charge in [-0.3, -0.25) is 14.9 Å². The largest absolute Gasteiger partial charge is 0.370 e. The molecule has 1 fully saturated rings. The van der Waals surface area contributed by atoms with Crippen molar-refractivity contribution in [1.29, 1.82) is 0 Å². The van der Waals surface area contributed by atoms with Crippen molar-refractivity contribution in [2.24, 2.45) is 23.0 Å². The monoisotopic (exact) mass is 238 g/mol. The summed E-state index contributed by atoms with van der Waals surface area (Å²) in [4.78, 5) is 21.6. The Labute approximate surface area is 100 Å². The molecule has 2 aliphatic rings. The van der Waals surface area contributed by atoms with Gasteiger partial charge in [-0.1, -0.05) is 18.6 Å². The van der Waals surface area contributed by atoms with Crippen LogP contribution in [0.5, 0.6) is 0 Å². The molecule has 2 rings (SSSR count). The molecule has 0 radical (unpaired) electrons. The fourth-order valence-electron chi connectivity index (χ4n) is 3.58. The van der Waals surface area contributed by atoms with E-state index < -0.39 is 11.3 Å². The van der Waals surface area contributed by atoms with Crippen molar-refractivity contribution in [2.45, 2.75) is 32.6 Å². The van der Waals surface area contributed by atoms with Crippen LogP contribution in [0.1, 0.15) is 32.6 Å². The summed E-state index contributed by atoms with van der Waals surface area (Å²) in [6.07, 6.45) is 5.10. The van der Waals surface area contributed by atoms with Crippen LogP contribution < -0.4 is 5.73 Å². The number of hydrogen-bond acceptors (Lipinski definition) is 3. The lowest BCUT2D eigenvalue weighted by atomic mass is 9.53. The Balaban J connectivity index is 2.17. The third-order valence-corrected chi connectivity index (χ3v) is 4.25. The van der Waals surface area contributed by atoms with Crippen LogP contribution in [0.4, 0.5) is 0 Å². The zero-order valence-corrected chi connectivity index (χ0v) is 10.0. The zero-order valence-electron chi connectivity index (χ0n) is 10.0. The lowest BCUT2D eigenvalue weighted by Gasteiger charge is -2.49. The van der Waals surface area contributed by atoms with Crippen molar-refractivity contribution in [3.05, 3.63) is 21.8 Å². The highest BCUT2D eigenvalue weighted by Gasteiger charge is 2.58. The van der Waals surface area contributed by atoms with Gasteiger partial charge in [0.15, 0.2) is 0 Å². The van der Waals surface area contributed by atoms with E-state index in [9.17, 15) is 14.9 Å². The highest BCUT2D eigenvalue weighted by Crippen LogP contribution is 2.60. The van der Waals surface area contributed by atoms with Gasteiger partial charge in [0.05, 0.1) is 5.41 Å². The summed E-state index contributed by atoms with van der Waals surface area (Å²) in [5.74, 6) is 0.267. The van der Waals surface area contributed by atoms with E-state index in [1.165, 1.54) is 5.57 Å². The van der Waals surface area contributed by atoms with Gasteiger partial charge in [0.25, 0.3) is 0 Å². The molecule has 2 unspecified atom stereocenters. The normalized spacial score (nSPS) is 34.8. The number of carbonyl (C=O) groups excluding carboxylic acids is 1. The maximum Gasteiger partial charge on any atom is 0.218 e. The number of fused-ring (bicyclic) bond motifs is 1. The molecule has 1 saturated carbocycles. The number of nitrogens with two attached hydrogens (primary N) is 1. The predicted octanol–water partition coefficient (Wildman–Crippen LogP) is 1.50. The molecule has 5 heteroatoms. The zero-order chi connectivity index (χ0) is 12.6. The Kier molecular flexibility index (Phi) is 2.93. The Morgan fingerprint density at radius 3 is 2.94 bits per heavy atom. The smallest absolute Gasteiger partial charge is 0.218 e. The van der Waals surface area contributed by atoms with E-state index in [0.717, 1.165) is 19.3 Å². The summed E-state index contributed by atoms with van der Waals surface area (Å²) < 4.78 is 0. The second kappa shape index (κ2) is 4.13. The third kappa shape index (κ3) is 2.06. The van der Waals surface area contributed by atoms with Crippen LogP contribution in [0.25, 0.3) is 0 Å². The molecule has 17 heavy (non-hydrogen) atoms. The molecule has 0 spiro atoms. The Bertz CT molecular complexity index is 373. The molecule has 0 saturated heterocycles. The third-order valence-electron chi connectivity index (χ3n) is 4.25. The van der Waals surface area contributed by atoms with Gasteiger partial charge in [-0.2, -0.15) is 0 Å². The molecule has 3 atom stereocenters. The minimum absolute atomic E-state index is 0.134. The summed E-state index contributed by atoms with van der Waals surface area (Å²) in [5, 5.41) is 10.8. The van der Waals surface area contributed by atoms with E-state index in [4.69, 9.17) is 5.73 Å². The van der Waals surface area contributed by atoms with E-state index in [2.05, 4.69) is 13.0 Å². The van der Waals surface area contributed by atoms with Gasteiger partial charge in [-0.05, 0) is 31.1 Å². The minimum Gasteiger partial charge on any atom is -0.370 e. The molecule has 94 valence electrons. The molecule has 0 bridgehead atoms. The number of rotatable bonds is 5. The molecule has 0 aromatic rings. The fraction of sp³-hybridized carbons (Fsp3) is 0.750. The van der Waals surface area contributed by atoms with Crippen molar-refractivity contribution in [1.82, 2.24) is 0 Å². The van der Waals surface area contributed by atoms with Crippen LogP contribution in [0.3, 0.4) is 0 Å². The van der Waals surface area contributed by atoms with Crippen molar-refractivity contribution in [3.63, 3.8) is 0 Å². The summed E-state index contributed by atoms with van der Waals surface area (Å²) >= 11 is 0. The number of primary amides is 1. The maximum atomic E-state index is 11.1. The van der Waals surface area contributed by atoms with E-state index >= 15 is 0 Å². The first-order chi connectivity index (χ1) is 7.97. The van der Waals surface area contributed by atoms with E-state index in [1.807, 2.05) is 0 Å². The minimum atomic E-state index is -0.503. The number of nitrogens with zero attached hydrogens (tertiary/aromatic N) is 1. The molecule has 1 amide bonds. The van der Waals surface area contributed by atoms with Gasteiger partial charge < -0.3 is 5.73 Å². The number of hydrogen-bond donors (Lipinski definition) is 1. The topological polar surface area (TPSA) is 86.2 Å². The predicted molar refractivity (Wildman–Crippen MR) is 62.7 cm³/mol. The summed E-state index contributed by atoms with van der Waals surface area (Å²) in [5.41, 5.74) is 6.10. The van der Waals surface area contributed by atoms with Crippen molar-refractivity contribution >= 4 is 5.91 Å². The van der Waals surface area contributed by atoms with Crippen molar-refractivity contribution in [2.75, 3.05) is 6.54 Å². The molecule has 0 aromatic carbocycles. The van der Waals surface area contributed by atoms with E-state index in [0.29, 0.717) is 5.92 Å². The standard InChI is InChI=1S/C12H18N2O3/c1-2-8-3-9-5-12(6-11(13)15,7-14(16)17)10(9)4-8/h4,9-10H,2-3,5-7H2,1H3,(H2,13,15)/t9?,10?,12-/m1/s1. The molecule has 0 aliphatic heterocycles. The second-order valence-corrected chi connectivity index (χ2v) is 5.37. The van der Waals surface area contributed by atoms with Crippen molar-refractivity contribution < 1.29 is 9.72 Å². The SMILES string of the molecule is CCC1=CC2C(C1)C[C@@]2(CC(N)=O)C[N+](=O)[O-]. The van der Waals surface area contributed by atoms with Crippen molar-refractivity contribution in [3.8, 4) is 0 Å². The lowest BCUT2D eigenvalue weighted by Crippen LogP contribution is -2.51. The summed E-state index contributed by atoms with van der Waals surface area (Å²) in [6, 6.07) is 0. The highest BCUT2D eigenvalue weighted by atomic mass is 16.6. The molecule has 2 aliphatic carbocycles. The Hall–Kier alpha value is -1.39. The summed E-state index contributed by atoms with van der Waals surface area (Å²) in [6.45, 7) is 1.96. The fourth-order valence-corrected chi connectivity index (χ4v) is 3.58. The van der Waals surface area contributed by atoms with Crippen LogP contribution >= 0.6 is 0 Å². The van der Waals surface area contributed by atoms with E-state index in [1.54, 1.807) is 0 Å². The van der Waals surface area contributed by atoms with Gasteiger partial charge in [-0.15, -0.1) is 0 Å². The van der Waals surface area contributed by atoms with Crippen LogP contribution in [-0.4, -0.2) is 17.4 Å². The first-order valence-electron chi connectivity index (χ1n) is 6.06. The Morgan fingerprint density at radius 1 is 1.71 bits per heavy atom. The van der Waals surface area contributed by atoms with Crippen LogP contribution in [-0.2, 0) is 4.79 Å². The van der Waals surface area contributed by atoms with Gasteiger partial charge in [0.2, 0.25) is 12.5 Å². The van der Waals surface area contributed by atoms with Gasteiger partial charge in [0.1, 0.15) is 0 Å². The number of nitro groups is 1. The Morgan fingerprint density at radius 2 is 2.41 bits per heavy atom. The van der Waals surface area contributed by atoms with Gasteiger partial charge in [-0.25, -0.2) is 0 Å². The van der Waals surface area contributed by atoms with Gasteiger partial charge >= 0.3 is 0 Å². The number of carbonyl (C=O) groups is 1. The number of amides is 1. The molecule has 0 aromatic heterocycles. The highest BCUT2D eigenvalue weighted by molar-refractivity contribution is 5.75. The van der Waals surface area contributed by atoms with Crippen LogP contribution in [0, 0.1) is 27.4 Å². The molecule has 0 heterocycles. The average Bonchev–Trinajstić information content (AvgIpc) is 2.54. The number of allylic oxidation sites excluding steroid dienone is 2. The lowest BCUT2D eigenvalue weighted by molar-refractivity contribution is -0.505. The van der Waals surface area contributed by atoms with Crippen LogP contribution in [0.2, 0.25) is 0 Å². The molecular weight excluding hydrogens is 220 g/mol. The summed E-state index contributed by atoms with van der Waals surface area (Å²) in [7, 11) is 0. The molecular formula is C12H18N2O3.